The molecule has 2 heterocycles. The van der Waals surface area contributed by atoms with Crippen LogP contribution in [0.4, 0.5) is 0 Å². The molecule has 138 valence electrons. The van der Waals surface area contributed by atoms with Crippen molar-refractivity contribution in [1.29, 1.82) is 0 Å². The quantitative estimate of drug-likeness (QED) is 0.545. The van der Waals surface area contributed by atoms with Gasteiger partial charge in [-0.05, 0) is 62.3 Å². The summed E-state index contributed by atoms with van der Waals surface area (Å²) in [5.41, 5.74) is 1.82. The fourth-order valence-electron chi connectivity index (χ4n) is 5.90. The van der Waals surface area contributed by atoms with Crippen molar-refractivity contribution >= 4 is 22.9 Å². The van der Waals surface area contributed by atoms with Gasteiger partial charge in [0.25, 0.3) is 5.89 Å². The Morgan fingerprint density at radius 3 is 2.93 bits per heavy atom. The van der Waals surface area contributed by atoms with Crippen molar-refractivity contribution in [3.63, 3.8) is 0 Å². The zero-order valence-corrected chi connectivity index (χ0v) is 16.5. The van der Waals surface area contributed by atoms with Gasteiger partial charge in [0.1, 0.15) is 10.7 Å². The standard InChI is InChI=1S/C21H20ClN3OS/c22-16-4-2-1-3-15(16)19-23-17(11-27-19)18-24-25-20(26-18)21-6-5-12-7-13(10-21)9-14(21)8-12/h1-4,11-14H,5-10H2. The second-order valence-corrected chi connectivity index (χ2v) is 9.73. The number of nitrogens with zero attached hydrogens (tertiary/aromatic N) is 3. The van der Waals surface area contributed by atoms with Crippen molar-refractivity contribution in [3.8, 4) is 22.2 Å². The molecule has 27 heavy (non-hydrogen) atoms. The van der Waals surface area contributed by atoms with E-state index in [-0.39, 0.29) is 5.41 Å². The van der Waals surface area contributed by atoms with Crippen LogP contribution in [0.3, 0.4) is 0 Å². The maximum Gasteiger partial charge on any atom is 0.267 e. The molecule has 3 saturated carbocycles. The van der Waals surface area contributed by atoms with Crippen LogP contribution in [0, 0.1) is 17.8 Å². The monoisotopic (exact) mass is 397 g/mol. The lowest BCUT2D eigenvalue weighted by atomic mass is 9.64. The molecule has 3 aliphatic carbocycles. The minimum atomic E-state index is 0.129. The average Bonchev–Trinajstić information content (AvgIpc) is 3.37. The number of fused-ring (bicyclic) bond motifs is 2. The van der Waals surface area contributed by atoms with Gasteiger partial charge in [-0.1, -0.05) is 29.8 Å². The molecule has 4 atom stereocenters. The summed E-state index contributed by atoms with van der Waals surface area (Å²) in [6, 6.07) is 7.77. The largest absolute Gasteiger partial charge is 0.419 e. The first kappa shape index (κ1) is 16.3. The van der Waals surface area contributed by atoms with Crippen LogP contribution in [0.2, 0.25) is 5.02 Å². The molecule has 6 heteroatoms. The molecule has 0 spiro atoms. The molecule has 1 aromatic carbocycles. The molecule has 0 N–H and O–H groups in total. The van der Waals surface area contributed by atoms with Crippen molar-refractivity contribution in [2.24, 2.45) is 17.8 Å². The predicted octanol–water partition coefficient (Wildman–Crippen LogP) is 5.98. The molecular formula is C21H20ClN3OS. The van der Waals surface area contributed by atoms with Crippen LogP contribution in [0.5, 0.6) is 0 Å². The summed E-state index contributed by atoms with van der Waals surface area (Å²) in [5, 5.41) is 12.5. The van der Waals surface area contributed by atoms with Crippen molar-refractivity contribution in [2.75, 3.05) is 0 Å². The third-order valence-electron chi connectivity index (χ3n) is 7.01. The molecule has 6 rings (SSSR count). The van der Waals surface area contributed by atoms with E-state index in [4.69, 9.17) is 21.0 Å². The van der Waals surface area contributed by atoms with E-state index in [2.05, 4.69) is 10.2 Å². The normalized spacial score (nSPS) is 31.5. The highest BCUT2D eigenvalue weighted by molar-refractivity contribution is 7.13. The first-order valence-corrected chi connectivity index (χ1v) is 11.0. The van der Waals surface area contributed by atoms with Crippen LogP contribution < -0.4 is 0 Å². The summed E-state index contributed by atoms with van der Waals surface area (Å²) in [5.74, 6) is 3.92. The molecule has 3 aliphatic rings. The Bertz CT molecular complexity index is 1010. The van der Waals surface area contributed by atoms with Gasteiger partial charge in [0.2, 0.25) is 5.89 Å². The number of aromatic nitrogens is 3. The smallest absolute Gasteiger partial charge is 0.267 e. The van der Waals surface area contributed by atoms with Crippen LogP contribution in [0.15, 0.2) is 34.1 Å². The molecule has 0 aliphatic heterocycles. The first-order valence-electron chi connectivity index (χ1n) is 9.76. The SMILES string of the molecule is Clc1ccccc1-c1nc(-c2nnc(C34CCC5CC(CC3C5)C4)o2)cs1. The number of hydrogen-bond donors (Lipinski definition) is 0. The van der Waals surface area contributed by atoms with Crippen LogP contribution >= 0.6 is 22.9 Å². The van der Waals surface area contributed by atoms with Gasteiger partial charge in [-0.2, -0.15) is 0 Å². The summed E-state index contributed by atoms with van der Waals surface area (Å²) >= 11 is 7.87. The molecule has 4 nitrogen and oxygen atoms in total. The number of benzene rings is 1. The maximum absolute atomic E-state index is 6.31. The lowest BCUT2D eigenvalue weighted by molar-refractivity contribution is 0.129. The van der Waals surface area contributed by atoms with Gasteiger partial charge in [0.15, 0.2) is 0 Å². The van der Waals surface area contributed by atoms with Gasteiger partial charge < -0.3 is 4.42 Å². The van der Waals surface area contributed by atoms with E-state index in [1.54, 1.807) is 11.3 Å². The summed E-state index contributed by atoms with van der Waals surface area (Å²) in [7, 11) is 0. The van der Waals surface area contributed by atoms with Crippen LogP contribution in [-0.2, 0) is 5.41 Å². The van der Waals surface area contributed by atoms with Crippen LogP contribution in [0.25, 0.3) is 22.2 Å². The van der Waals surface area contributed by atoms with Crippen molar-refractivity contribution in [3.05, 3.63) is 40.6 Å². The van der Waals surface area contributed by atoms with Gasteiger partial charge in [0.05, 0.1) is 10.4 Å². The molecule has 0 saturated heterocycles. The molecule has 4 unspecified atom stereocenters. The number of halogens is 1. The topological polar surface area (TPSA) is 51.8 Å². The van der Waals surface area contributed by atoms with E-state index >= 15 is 0 Å². The Balaban J connectivity index is 1.34. The highest BCUT2D eigenvalue weighted by Gasteiger charge is 2.57. The Morgan fingerprint density at radius 2 is 2.00 bits per heavy atom. The minimum absolute atomic E-state index is 0.129. The number of hydrogen-bond acceptors (Lipinski definition) is 5. The molecule has 0 radical (unpaired) electrons. The Morgan fingerprint density at radius 1 is 1.11 bits per heavy atom. The van der Waals surface area contributed by atoms with Crippen molar-refractivity contribution in [1.82, 2.24) is 15.2 Å². The Hall–Kier alpha value is -1.72. The highest BCUT2D eigenvalue weighted by atomic mass is 35.5. The number of thiazole rings is 1. The fraction of sp³-hybridized carbons (Fsp3) is 0.476. The highest BCUT2D eigenvalue weighted by Crippen LogP contribution is 2.62. The Kier molecular flexibility index (Phi) is 3.54. The summed E-state index contributed by atoms with van der Waals surface area (Å²) in [6.07, 6.45) is 7.87. The van der Waals surface area contributed by atoms with Gasteiger partial charge >= 0.3 is 0 Å². The summed E-state index contributed by atoms with van der Waals surface area (Å²) in [4.78, 5) is 4.71. The zero-order valence-electron chi connectivity index (χ0n) is 14.9. The second kappa shape index (κ2) is 5.89. The molecule has 3 bridgehead atoms. The van der Waals surface area contributed by atoms with Gasteiger partial charge in [-0.15, -0.1) is 21.5 Å². The van der Waals surface area contributed by atoms with E-state index in [1.807, 2.05) is 29.6 Å². The lowest BCUT2D eigenvalue weighted by Crippen LogP contribution is -2.36. The average molecular weight is 398 g/mol. The van der Waals surface area contributed by atoms with E-state index in [1.165, 1.54) is 38.5 Å². The molecule has 3 aromatic rings. The van der Waals surface area contributed by atoms with Crippen molar-refractivity contribution < 1.29 is 4.42 Å². The van der Waals surface area contributed by atoms with Crippen LogP contribution in [0.1, 0.15) is 44.4 Å². The molecule has 2 aromatic heterocycles. The lowest BCUT2D eigenvalue weighted by Gasteiger charge is -2.40. The van der Waals surface area contributed by atoms with Gasteiger partial charge in [0, 0.05) is 10.9 Å². The van der Waals surface area contributed by atoms with E-state index in [0.717, 1.165) is 39.9 Å². The molecule has 3 fully saturated rings. The first-order chi connectivity index (χ1) is 13.2. The van der Waals surface area contributed by atoms with E-state index in [0.29, 0.717) is 10.9 Å². The second-order valence-electron chi connectivity index (χ2n) is 8.47. The third-order valence-corrected chi connectivity index (χ3v) is 8.22. The van der Waals surface area contributed by atoms with Crippen molar-refractivity contribution in [2.45, 2.75) is 43.9 Å². The van der Waals surface area contributed by atoms with Crippen LogP contribution in [-0.4, -0.2) is 15.2 Å². The molecular weight excluding hydrogens is 378 g/mol. The summed E-state index contributed by atoms with van der Waals surface area (Å²) < 4.78 is 6.25. The summed E-state index contributed by atoms with van der Waals surface area (Å²) in [6.45, 7) is 0. The predicted molar refractivity (Wildman–Crippen MR) is 106 cm³/mol. The van der Waals surface area contributed by atoms with Gasteiger partial charge in [-0.25, -0.2) is 4.98 Å². The molecule has 0 amide bonds. The minimum Gasteiger partial charge on any atom is -0.419 e. The third kappa shape index (κ3) is 2.44. The van der Waals surface area contributed by atoms with E-state index < -0.39 is 0 Å². The fourth-order valence-corrected chi connectivity index (χ4v) is 7.01. The Labute approximate surface area is 167 Å². The van der Waals surface area contributed by atoms with Gasteiger partial charge in [-0.3, -0.25) is 0 Å². The maximum atomic E-state index is 6.31. The van der Waals surface area contributed by atoms with E-state index in [9.17, 15) is 0 Å². The zero-order chi connectivity index (χ0) is 18.0. The number of rotatable bonds is 3.